The minimum absolute atomic E-state index is 0. The van der Waals surface area contributed by atoms with Gasteiger partial charge in [-0.3, -0.25) is 4.79 Å². The first-order valence-electron chi connectivity index (χ1n) is 8.13. The average Bonchev–Trinajstić information content (AvgIpc) is 2.56. The average molecular weight is 343 g/mol. The van der Waals surface area contributed by atoms with Crippen LogP contribution in [0.15, 0.2) is 18.2 Å². The van der Waals surface area contributed by atoms with Crippen molar-refractivity contribution in [2.24, 2.45) is 0 Å². The smallest absolute Gasteiger partial charge is 0.254 e. The summed E-state index contributed by atoms with van der Waals surface area (Å²) >= 11 is 0. The lowest BCUT2D eigenvalue weighted by Crippen LogP contribution is -2.39. The lowest BCUT2D eigenvalue weighted by atomic mass is 9.88. The number of benzene rings is 1. The van der Waals surface area contributed by atoms with Crippen LogP contribution >= 0.6 is 12.4 Å². The van der Waals surface area contributed by atoms with E-state index < -0.39 is 0 Å². The van der Waals surface area contributed by atoms with Crippen molar-refractivity contribution in [2.45, 2.75) is 37.6 Å². The Labute approximate surface area is 142 Å². The van der Waals surface area contributed by atoms with E-state index in [2.05, 4.69) is 10.6 Å². The zero-order chi connectivity index (χ0) is 15.4. The molecule has 2 fully saturated rings. The lowest BCUT2D eigenvalue weighted by molar-refractivity contribution is 0.0694. The van der Waals surface area contributed by atoms with Gasteiger partial charge in [0.15, 0.2) is 0 Å². The van der Waals surface area contributed by atoms with Crippen LogP contribution in [-0.4, -0.2) is 38.3 Å². The molecule has 0 aliphatic carbocycles. The van der Waals surface area contributed by atoms with E-state index in [0.717, 1.165) is 38.8 Å². The highest BCUT2D eigenvalue weighted by Gasteiger charge is 2.24. The second-order valence-electron chi connectivity index (χ2n) is 6.09. The number of hydrogen-bond donors (Lipinski definition) is 2. The zero-order valence-electron chi connectivity index (χ0n) is 13.1. The van der Waals surface area contributed by atoms with Gasteiger partial charge in [0.25, 0.3) is 5.91 Å². The Balaban J connectivity index is 0.00000192. The van der Waals surface area contributed by atoms with E-state index in [1.54, 1.807) is 12.1 Å². The molecule has 1 aromatic carbocycles. The van der Waals surface area contributed by atoms with Crippen LogP contribution in [0.5, 0.6) is 0 Å². The molecular formula is C17H24ClFN2O2. The van der Waals surface area contributed by atoms with E-state index in [-0.39, 0.29) is 41.7 Å². The summed E-state index contributed by atoms with van der Waals surface area (Å²) in [6, 6.07) is 5.27. The van der Waals surface area contributed by atoms with Gasteiger partial charge in [-0.25, -0.2) is 4.39 Å². The number of halogens is 2. The standard InChI is InChI=1S/C17H23FN2O2.ClH/c18-16-14(12-4-8-19-9-5-12)2-1-3-15(16)17(21)20-13-6-10-22-11-7-13;/h1-3,12-13,19H,4-11H2,(H,20,21);1H. The number of rotatable bonds is 3. The quantitative estimate of drug-likeness (QED) is 0.887. The Morgan fingerprint density at radius 2 is 1.87 bits per heavy atom. The van der Waals surface area contributed by atoms with Crippen molar-refractivity contribution >= 4 is 18.3 Å². The molecule has 0 aromatic heterocycles. The maximum Gasteiger partial charge on any atom is 0.254 e. The molecule has 128 valence electrons. The van der Waals surface area contributed by atoms with Gasteiger partial charge >= 0.3 is 0 Å². The van der Waals surface area contributed by atoms with Crippen molar-refractivity contribution < 1.29 is 13.9 Å². The highest BCUT2D eigenvalue weighted by molar-refractivity contribution is 5.94. The fraction of sp³-hybridized carbons (Fsp3) is 0.588. The van der Waals surface area contributed by atoms with Crippen molar-refractivity contribution in [2.75, 3.05) is 26.3 Å². The molecule has 2 aliphatic heterocycles. The number of hydrogen-bond acceptors (Lipinski definition) is 3. The molecular weight excluding hydrogens is 319 g/mol. The molecule has 0 bridgehead atoms. The Hall–Kier alpha value is -1.17. The third-order valence-corrected chi connectivity index (χ3v) is 4.61. The second-order valence-corrected chi connectivity index (χ2v) is 6.09. The number of nitrogens with one attached hydrogen (secondary N) is 2. The van der Waals surface area contributed by atoms with E-state index in [9.17, 15) is 9.18 Å². The summed E-state index contributed by atoms with van der Waals surface area (Å²) in [4.78, 5) is 12.4. The largest absolute Gasteiger partial charge is 0.381 e. The molecule has 2 saturated heterocycles. The first kappa shape index (κ1) is 18.2. The molecule has 3 rings (SSSR count). The van der Waals surface area contributed by atoms with E-state index in [0.29, 0.717) is 18.8 Å². The number of piperidine rings is 1. The van der Waals surface area contributed by atoms with Gasteiger partial charge in [-0.15, -0.1) is 12.4 Å². The van der Waals surface area contributed by atoms with Crippen LogP contribution in [0.3, 0.4) is 0 Å². The van der Waals surface area contributed by atoms with Gasteiger partial charge in [-0.05, 0) is 56.3 Å². The van der Waals surface area contributed by atoms with Gasteiger partial charge in [-0.2, -0.15) is 0 Å². The molecule has 4 nitrogen and oxygen atoms in total. The van der Waals surface area contributed by atoms with Gasteiger partial charge in [0, 0.05) is 19.3 Å². The molecule has 0 atom stereocenters. The SMILES string of the molecule is Cl.O=C(NC1CCOCC1)c1cccc(C2CCNCC2)c1F. The number of carbonyl (C=O) groups excluding carboxylic acids is 1. The van der Waals surface area contributed by atoms with Crippen molar-refractivity contribution in [1.29, 1.82) is 0 Å². The Morgan fingerprint density at radius 3 is 2.57 bits per heavy atom. The summed E-state index contributed by atoms with van der Waals surface area (Å²) in [5.41, 5.74) is 0.851. The van der Waals surface area contributed by atoms with Gasteiger partial charge in [0.05, 0.1) is 5.56 Å². The van der Waals surface area contributed by atoms with Crippen molar-refractivity contribution in [3.63, 3.8) is 0 Å². The van der Waals surface area contributed by atoms with Crippen LogP contribution in [0, 0.1) is 5.82 Å². The van der Waals surface area contributed by atoms with E-state index in [1.165, 1.54) is 0 Å². The van der Waals surface area contributed by atoms with Crippen LogP contribution in [-0.2, 0) is 4.74 Å². The molecule has 2 aliphatic rings. The molecule has 2 heterocycles. The van der Waals surface area contributed by atoms with Crippen molar-refractivity contribution in [3.8, 4) is 0 Å². The predicted octanol–water partition coefficient (Wildman–Crippen LogP) is 2.62. The Kier molecular flexibility index (Phi) is 6.81. The topological polar surface area (TPSA) is 50.4 Å². The highest BCUT2D eigenvalue weighted by atomic mass is 35.5. The fourth-order valence-electron chi connectivity index (χ4n) is 3.28. The van der Waals surface area contributed by atoms with E-state index in [4.69, 9.17) is 4.74 Å². The summed E-state index contributed by atoms with van der Waals surface area (Å²) < 4.78 is 20.0. The number of amides is 1. The van der Waals surface area contributed by atoms with E-state index >= 15 is 0 Å². The Bertz CT molecular complexity index is 529. The first-order chi connectivity index (χ1) is 10.8. The van der Waals surface area contributed by atoms with Crippen LogP contribution < -0.4 is 10.6 Å². The van der Waals surface area contributed by atoms with Crippen LogP contribution in [0.1, 0.15) is 47.5 Å². The lowest BCUT2D eigenvalue weighted by Gasteiger charge is -2.25. The number of ether oxygens (including phenoxy) is 1. The minimum atomic E-state index is -0.348. The Morgan fingerprint density at radius 1 is 1.17 bits per heavy atom. The third-order valence-electron chi connectivity index (χ3n) is 4.61. The fourth-order valence-corrected chi connectivity index (χ4v) is 3.28. The van der Waals surface area contributed by atoms with Crippen LogP contribution in [0.4, 0.5) is 4.39 Å². The molecule has 6 heteroatoms. The number of carbonyl (C=O) groups is 1. The molecule has 0 spiro atoms. The summed E-state index contributed by atoms with van der Waals surface area (Å²) in [5, 5.41) is 6.22. The minimum Gasteiger partial charge on any atom is -0.381 e. The van der Waals surface area contributed by atoms with Gasteiger partial charge < -0.3 is 15.4 Å². The van der Waals surface area contributed by atoms with Gasteiger partial charge in [-0.1, -0.05) is 12.1 Å². The first-order valence-corrected chi connectivity index (χ1v) is 8.13. The molecule has 0 radical (unpaired) electrons. The van der Waals surface area contributed by atoms with Gasteiger partial charge in [0.1, 0.15) is 5.82 Å². The summed E-state index contributed by atoms with van der Waals surface area (Å²) in [6.07, 6.45) is 3.42. The molecule has 23 heavy (non-hydrogen) atoms. The summed E-state index contributed by atoms with van der Waals surface area (Å²) in [5.74, 6) is -0.448. The van der Waals surface area contributed by atoms with Gasteiger partial charge in [0.2, 0.25) is 0 Å². The summed E-state index contributed by atoms with van der Waals surface area (Å²) in [6.45, 7) is 3.12. The molecule has 1 amide bonds. The third kappa shape index (κ3) is 4.43. The zero-order valence-corrected chi connectivity index (χ0v) is 14.0. The normalized spacial score (nSPS) is 19.9. The highest BCUT2D eigenvalue weighted by Crippen LogP contribution is 2.28. The molecule has 2 N–H and O–H groups in total. The maximum atomic E-state index is 14.8. The predicted molar refractivity (Wildman–Crippen MR) is 89.8 cm³/mol. The monoisotopic (exact) mass is 342 g/mol. The van der Waals surface area contributed by atoms with Crippen LogP contribution in [0.2, 0.25) is 0 Å². The van der Waals surface area contributed by atoms with Crippen molar-refractivity contribution in [3.05, 3.63) is 35.1 Å². The summed E-state index contributed by atoms with van der Waals surface area (Å²) in [7, 11) is 0. The molecule has 0 saturated carbocycles. The van der Waals surface area contributed by atoms with Crippen LogP contribution in [0.25, 0.3) is 0 Å². The van der Waals surface area contributed by atoms with E-state index in [1.807, 2.05) is 6.07 Å². The second kappa shape index (κ2) is 8.62. The molecule has 0 unspecified atom stereocenters. The van der Waals surface area contributed by atoms with Crippen molar-refractivity contribution in [1.82, 2.24) is 10.6 Å². The maximum absolute atomic E-state index is 14.8. The molecule has 1 aromatic rings.